The summed E-state index contributed by atoms with van der Waals surface area (Å²) in [6.45, 7) is 4.31. The Morgan fingerprint density at radius 1 is 1.27 bits per heavy atom. The van der Waals surface area contributed by atoms with Crippen molar-refractivity contribution in [1.82, 2.24) is 9.97 Å². The summed E-state index contributed by atoms with van der Waals surface area (Å²) in [5, 5.41) is 3.01. The number of para-hydroxylation sites is 1. The number of hydrogen-bond donors (Lipinski definition) is 2. The molecule has 0 aliphatic heterocycles. The minimum atomic E-state index is -0.145. The number of H-pyrrole nitrogens is 1. The first kappa shape index (κ1) is 14.3. The molecule has 0 bridgehead atoms. The van der Waals surface area contributed by atoms with E-state index >= 15 is 0 Å². The van der Waals surface area contributed by atoms with Crippen LogP contribution in [0.2, 0.25) is 0 Å². The zero-order chi connectivity index (χ0) is 15.5. The van der Waals surface area contributed by atoms with E-state index in [1.54, 1.807) is 12.3 Å². The number of benzene rings is 1. The normalized spacial score (nSPS) is 12.3. The van der Waals surface area contributed by atoms with E-state index < -0.39 is 0 Å². The van der Waals surface area contributed by atoms with E-state index in [1.807, 2.05) is 30.3 Å². The summed E-state index contributed by atoms with van der Waals surface area (Å²) in [5.74, 6) is 0.259. The van der Waals surface area contributed by atoms with Crippen molar-refractivity contribution in [2.75, 3.05) is 5.32 Å². The number of aromatic amines is 1. The standard InChI is InChI=1S/C18H19N3O/c1-3-12(2)13-7-4-5-8-14(13)21-18(22)17-11-16-15(20-17)9-6-10-19-16/h4-12,20H,3H2,1-2H3,(H,21,22). The second kappa shape index (κ2) is 6.02. The molecule has 4 nitrogen and oxygen atoms in total. The van der Waals surface area contributed by atoms with Crippen molar-refractivity contribution in [3.63, 3.8) is 0 Å². The van der Waals surface area contributed by atoms with Crippen molar-refractivity contribution in [3.8, 4) is 0 Å². The summed E-state index contributed by atoms with van der Waals surface area (Å²) in [6, 6.07) is 13.5. The van der Waals surface area contributed by atoms with Gasteiger partial charge in [-0.2, -0.15) is 0 Å². The average Bonchev–Trinajstić information content (AvgIpc) is 2.99. The number of fused-ring (bicyclic) bond motifs is 1. The third kappa shape index (κ3) is 2.72. The Labute approximate surface area is 129 Å². The molecule has 2 N–H and O–H groups in total. The molecule has 0 aliphatic carbocycles. The van der Waals surface area contributed by atoms with Gasteiger partial charge in [0.05, 0.1) is 11.0 Å². The molecule has 112 valence electrons. The van der Waals surface area contributed by atoms with Gasteiger partial charge in [-0.25, -0.2) is 0 Å². The maximum atomic E-state index is 12.5. The van der Waals surface area contributed by atoms with Crippen LogP contribution in [0.3, 0.4) is 0 Å². The second-order valence-corrected chi connectivity index (χ2v) is 5.47. The van der Waals surface area contributed by atoms with Crippen molar-refractivity contribution in [2.45, 2.75) is 26.2 Å². The lowest BCUT2D eigenvalue weighted by Gasteiger charge is -2.15. The Bertz CT molecular complexity index is 774. The van der Waals surface area contributed by atoms with E-state index in [0.717, 1.165) is 28.7 Å². The van der Waals surface area contributed by atoms with Crippen molar-refractivity contribution in [2.24, 2.45) is 0 Å². The van der Waals surface area contributed by atoms with Crippen molar-refractivity contribution >= 4 is 22.6 Å². The highest BCUT2D eigenvalue weighted by Crippen LogP contribution is 2.27. The van der Waals surface area contributed by atoms with Gasteiger partial charge in [0.2, 0.25) is 0 Å². The molecule has 0 aliphatic rings. The Balaban J connectivity index is 1.88. The molecule has 1 amide bonds. The van der Waals surface area contributed by atoms with Crippen LogP contribution in [0.5, 0.6) is 0 Å². The highest BCUT2D eigenvalue weighted by molar-refractivity contribution is 6.05. The number of carbonyl (C=O) groups is 1. The van der Waals surface area contributed by atoms with Gasteiger partial charge in [0, 0.05) is 11.9 Å². The summed E-state index contributed by atoms with van der Waals surface area (Å²) in [5.41, 5.74) is 4.21. The number of nitrogens with one attached hydrogen (secondary N) is 2. The highest BCUT2D eigenvalue weighted by Gasteiger charge is 2.14. The van der Waals surface area contributed by atoms with Crippen LogP contribution in [0, 0.1) is 0 Å². The molecule has 0 saturated carbocycles. The lowest BCUT2D eigenvalue weighted by Crippen LogP contribution is -2.14. The first-order valence-electron chi connectivity index (χ1n) is 7.53. The first-order valence-corrected chi connectivity index (χ1v) is 7.53. The fraction of sp³-hybridized carbons (Fsp3) is 0.222. The van der Waals surface area contributed by atoms with Crippen LogP contribution in [-0.4, -0.2) is 15.9 Å². The lowest BCUT2D eigenvalue weighted by atomic mass is 9.97. The summed E-state index contributed by atoms with van der Waals surface area (Å²) >= 11 is 0. The monoisotopic (exact) mass is 293 g/mol. The van der Waals surface area contributed by atoms with Crippen LogP contribution in [0.15, 0.2) is 48.7 Å². The van der Waals surface area contributed by atoms with E-state index in [0.29, 0.717) is 11.6 Å². The predicted molar refractivity (Wildman–Crippen MR) is 89.2 cm³/mol. The van der Waals surface area contributed by atoms with Crippen LogP contribution in [0.4, 0.5) is 5.69 Å². The van der Waals surface area contributed by atoms with Gasteiger partial charge in [0.25, 0.3) is 5.91 Å². The highest BCUT2D eigenvalue weighted by atomic mass is 16.1. The maximum absolute atomic E-state index is 12.5. The van der Waals surface area contributed by atoms with Crippen molar-refractivity contribution in [1.29, 1.82) is 0 Å². The number of rotatable bonds is 4. The van der Waals surface area contributed by atoms with Crippen LogP contribution in [-0.2, 0) is 0 Å². The van der Waals surface area contributed by atoms with Gasteiger partial charge in [-0.3, -0.25) is 9.78 Å². The molecule has 0 saturated heterocycles. The second-order valence-electron chi connectivity index (χ2n) is 5.47. The van der Waals surface area contributed by atoms with Gasteiger partial charge in [-0.15, -0.1) is 0 Å². The van der Waals surface area contributed by atoms with Gasteiger partial charge in [-0.1, -0.05) is 32.0 Å². The number of nitrogens with zero attached hydrogens (tertiary/aromatic N) is 1. The molecule has 1 unspecified atom stereocenters. The Kier molecular flexibility index (Phi) is 3.92. The zero-order valence-corrected chi connectivity index (χ0v) is 12.8. The summed E-state index contributed by atoms with van der Waals surface area (Å²) < 4.78 is 0. The van der Waals surface area contributed by atoms with Crippen molar-refractivity contribution < 1.29 is 4.79 Å². The van der Waals surface area contributed by atoms with Crippen molar-refractivity contribution in [3.05, 3.63) is 59.9 Å². The van der Waals surface area contributed by atoms with Gasteiger partial charge in [-0.05, 0) is 42.2 Å². The number of carbonyl (C=O) groups excluding carboxylic acids is 1. The molecule has 2 aromatic heterocycles. The first-order chi connectivity index (χ1) is 10.7. The summed E-state index contributed by atoms with van der Waals surface area (Å²) in [4.78, 5) is 19.8. The molecule has 0 radical (unpaired) electrons. The minimum absolute atomic E-state index is 0.145. The molecule has 1 atom stereocenters. The molecular weight excluding hydrogens is 274 g/mol. The van der Waals surface area contributed by atoms with Gasteiger partial charge in [0.15, 0.2) is 0 Å². The van der Waals surface area contributed by atoms with Gasteiger partial charge < -0.3 is 10.3 Å². The molecule has 2 heterocycles. The number of amides is 1. The van der Waals surface area contributed by atoms with E-state index in [-0.39, 0.29) is 5.91 Å². The lowest BCUT2D eigenvalue weighted by molar-refractivity contribution is 0.102. The largest absolute Gasteiger partial charge is 0.349 e. The third-order valence-corrected chi connectivity index (χ3v) is 3.99. The van der Waals surface area contributed by atoms with Gasteiger partial charge >= 0.3 is 0 Å². The molecule has 1 aromatic carbocycles. The molecule has 22 heavy (non-hydrogen) atoms. The maximum Gasteiger partial charge on any atom is 0.272 e. The molecule has 3 aromatic rings. The summed E-state index contributed by atoms with van der Waals surface area (Å²) in [7, 11) is 0. The van der Waals surface area contributed by atoms with E-state index in [4.69, 9.17) is 0 Å². The molecule has 0 fully saturated rings. The third-order valence-electron chi connectivity index (χ3n) is 3.99. The molecule has 0 spiro atoms. The fourth-order valence-corrected chi connectivity index (χ4v) is 2.53. The van der Waals surface area contributed by atoms with E-state index in [1.165, 1.54) is 0 Å². The fourth-order valence-electron chi connectivity index (χ4n) is 2.53. The van der Waals surface area contributed by atoms with Gasteiger partial charge in [0.1, 0.15) is 5.69 Å². The number of anilines is 1. The molecule has 3 rings (SSSR count). The quantitative estimate of drug-likeness (QED) is 0.752. The number of hydrogen-bond acceptors (Lipinski definition) is 2. The van der Waals surface area contributed by atoms with E-state index in [9.17, 15) is 4.79 Å². The Morgan fingerprint density at radius 3 is 2.86 bits per heavy atom. The van der Waals surface area contributed by atoms with Crippen LogP contribution >= 0.6 is 0 Å². The van der Waals surface area contributed by atoms with Crippen LogP contribution in [0.25, 0.3) is 11.0 Å². The van der Waals surface area contributed by atoms with Crippen LogP contribution < -0.4 is 5.32 Å². The zero-order valence-electron chi connectivity index (χ0n) is 12.8. The summed E-state index contributed by atoms with van der Waals surface area (Å²) in [6.07, 6.45) is 2.75. The Morgan fingerprint density at radius 2 is 2.09 bits per heavy atom. The molecule has 4 heteroatoms. The topological polar surface area (TPSA) is 57.8 Å². The minimum Gasteiger partial charge on any atom is -0.349 e. The average molecular weight is 293 g/mol. The Hall–Kier alpha value is -2.62. The van der Waals surface area contributed by atoms with Crippen LogP contribution in [0.1, 0.15) is 42.2 Å². The SMILES string of the molecule is CCC(C)c1ccccc1NC(=O)c1cc2ncccc2[nH]1. The van der Waals surface area contributed by atoms with E-state index in [2.05, 4.69) is 35.2 Å². The smallest absolute Gasteiger partial charge is 0.272 e. The number of aromatic nitrogens is 2. The number of pyridine rings is 1. The molecular formula is C18H19N3O. The predicted octanol–water partition coefficient (Wildman–Crippen LogP) is 4.33.